The van der Waals surface area contributed by atoms with Crippen LogP contribution in [0.2, 0.25) is 10.0 Å². The minimum absolute atomic E-state index is 0.136. The molecule has 268 valence electrons. The number of carbonyl (C=O) groups is 2. The largest absolute Gasteiger partial charge is 0.472 e. The van der Waals surface area contributed by atoms with Gasteiger partial charge in [-0.3, -0.25) is 9.59 Å². The second-order valence-corrected chi connectivity index (χ2v) is 11.9. The van der Waals surface area contributed by atoms with E-state index in [1.165, 1.54) is 18.2 Å². The fraction of sp³-hybridized carbons (Fsp3) is 0.692. The summed E-state index contributed by atoms with van der Waals surface area (Å²) in [5.41, 5.74) is 0. The van der Waals surface area contributed by atoms with Crippen molar-refractivity contribution in [3.63, 3.8) is 0 Å². The zero-order chi connectivity index (χ0) is 35.3. The number of rotatable bonds is 15. The van der Waals surface area contributed by atoms with E-state index in [4.69, 9.17) is 58.5 Å². The number of hydrogen-bond donors (Lipinski definition) is 11. The molecule has 0 saturated carbocycles. The van der Waals surface area contributed by atoms with Crippen LogP contribution in [-0.4, -0.2) is 179 Å². The topological polar surface area (TPSA) is 303 Å². The number of carbonyl (C=O) groups excluding carboxylic acids is 2. The number of halogens is 3. The van der Waals surface area contributed by atoms with E-state index in [2.05, 4.69) is 0 Å². The van der Waals surface area contributed by atoms with Gasteiger partial charge in [0.15, 0.2) is 12.6 Å². The first-order valence-electron chi connectivity index (χ1n) is 13.8. The van der Waals surface area contributed by atoms with Crippen LogP contribution in [0.25, 0.3) is 0 Å². The summed E-state index contributed by atoms with van der Waals surface area (Å²) in [6.07, 6.45) is -29.0. The molecule has 47 heavy (non-hydrogen) atoms. The predicted octanol–water partition coefficient (Wildman–Crippen LogP) is -4.84. The zero-order valence-corrected chi connectivity index (χ0v) is 26.2. The molecule has 2 heterocycles. The highest BCUT2D eigenvalue weighted by Gasteiger charge is 2.48. The average Bonchev–Trinajstić information content (AvgIpc) is 3.04. The molecule has 1 aromatic rings. The van der Waals surface area contributed by atoms with Crippen molar-refractivity contribution in [2.45, 2.75) is 91.9 Å². The Morgan fingerprint density at radius 2 is 1.34 bits per heavy atom. The lowest BCUT2D eigenvalue weighted by molar-refractivity contribution is -0.333. The van der Waals surface area contributed by atoms with Gasteiger partial charge in [0.05, 0.1) is 24.8 Å². The summed E-state index contributed by atoms with van der Waals surface area (Å²) < 4.78 is 26.2. The molecule has 2 fully saturated rings. The Morgan fingerprint density at radius 1 is 0.787 bits per heavy atom. The highest BCUT2D eigenvalue weighted by molar-refractivity contribution is 6.66. The van der Waals surface area contributed by atoms with Gasteiger partial charge in [0.2, 0.25) is 11.9 Å². The van der Waals surface area contributed by atoms with Crippen molar-refractivity contribution in [1.82, 2.24) is 0 Å². The first kappa shape index (κ1) is 40.1. The van der Waals surface area contributed by atoms with Crippen LogP contribution >= 0.6 is 34.8 Å². The fourth-order valence-electron chi connectivity index (χ4n) is 4.53. The summed E-state index contributed by atoms with van der Waals surface area (Å²) in [5.74, 6) is -1.77. The average molecular weight is 742 g/mol. The lowest BCUT2D eigenvalue weighted by Crippen LogP contribution is -2.62. The molecule has 2 saturated heterocycles. The SMILES string of the molecule is O=C(Cl)C(Oc1ccc(Cl)cc1Cl)C(=O)[C@H](O)[C@@H](O)[C@H](O)[C@H](O)CO[C@H]1O[C@H](CO[C@H]2O[C@H](CO)[C@@H](O)[C@H](O)[C@H]2O)[C@@H](O)[C@H](O)[C@H]1O. The van der Waals surface area contributed by atoms with Crippen LogP contribution in [0, 0.1) is 0 Å². The Hall–Kier alpha value is -1.37. The molecule has 1 aromatic carbocycles. The van der Waals surface area contributed by atoms with Crippen LogP contribution in [0.5, 0.6) is 5.75 Å². The van der Waals surface area contributed by atoms with Crippen molar-refractivity contribution >= 4 is 45.8 Å². The molecule has 0 aliphatic carbocycles. The summed E-state index contributed by atoms with van der Waals surface area (Å²) in [6, 6.07) is 3.70. The molecule has 3 rings (SSSR count). The standard InChI is InChI=1S/C26H35Cl3O18/c27-7-1-2-10(8(28)3-7)45-23(24(29)42)20(39)19(38)16(35)13(32)9(31)5-43-25-22(41)18(37)15(34)12(47-25)6-44-26-21(40)17(36)14(33)11(4-30)46-26/h1-3,9,11-19,21-23,25-26,30-38,40-41H,4-6H2/t9-,11-,12-,13-,14-,15-,16+,17+,18+,19-,21-,22-,23?,25+,26+/m1/s1. The van der Waals surface area contributed by atoms with E-state index in [-0.39, 0.29) is 15.8 Å². The molecular formula is C26H35Cl3O18. The Kier molecular flexibility index (Phi) is 14.9. The normalized spacial score (nSPS) is 34.6. The molecule has 0 radical (unpaired) electrons. The van der Waals surface area contributed by atoms with Gasteiger partial charge in [-0.25, -0.2) is 0 Å². The second-order valence-electron chi connectivity index (χ2n) is 10.7. The summed E-state index contributed by atoms with van der Waals surface area (Å²) in [6.45, 7) is -2.42. The van der Waals surface area contributed by atoms with Crippen molar-refractivity contribution in [1.29, 1.82) is 0 Å². The molecule has 0 aromatic heterocycles. The second kappa shape index (κ2) is 17.5. The fourth-order valence-corrected chi connectivity index (χ4v) is 5.14. The van der Waals surface area contributed by atoms with E-state index in [1.807, 2.05) is 0 Å². The maximum absolute atomic E-state index is 12.7. The van der Waals surface area contributed by atoms with Crippen molar-refractivity contribution < 1.29 is 89.4 Å². The number of ketones is 1. The van der Waals surface area contributed by atoms with Crippen molar-refractivity contribution in [2.24, 2.45) is 0 Å². The number of aliphatic hydroxyl groups excluding tert-OH is 11. The van der Waals surface area contributed by atoms with E-state index in [0.29, 0.717) is 0 Å². The van der Waals surface area contributed by atoms with Gasteiger partial charge in [0.25, 0.3) is 5.24 Å². The molecule has 0 amide bonds. The highest BCUT2D eigenvalue weighted by Crippen LogP contribution is 2.30. The van der Waals surface area contributed by atoms with Gasteiger partial charge in [-0.2, -0.15) is 0 Å². The molecule has 0 bridgehead atoms. The smallest absolute Gasteiger partial charge is 0.270 e. The Bertz CT molecular complexity index is 1200. The maximum Gasteiger partial charge on any atom is 0.270 e. The van der Waals surface area contributed by atoms with E-state index < -0.39 is 123 Å². The third-order valence-corrected chi connectivity index (χ3v) is 8.06. The van der Waals surface area contributed by atoms with E-state index in [0.717, 1.165) is 0 Å². The van der Waals surface area contributed by atoms with Crippen LogP contribution in [0.1, 0.15) is 0 Å². The summed E-state index contributed by atoms with van der Waals surface area (Å²) >= 11 is 17.2. The van der Waals surface area contributed by atoms with Gasteiger partial charge in [-0.15, -0.1) is 0 Å². The number of benzene rings is 1. The molecule has 15 atom stereocenters. The third-order valence-electron chi connectivity index (χ3n) is 7.34. The monoisotopic (exact) mass is 740 g/mol. The molecule has 0 spiro atoms. The van der Waals surface area contributed by atoms with E-state index in [9.17, 15) is 65.8 Å². The molecule has 1 unspecified atom stereocenters. The van der Waals surface area contributed by atoms with E-state index in [1.54, 1.807) is 0 Å². The van der Waals surface area contributed by atoms with Crippen LogP contribution in [0.15, 0.2) is 18.2 Å². The highest BCUT2D eigenvalue weighted by atomic mass is 35.5. The van der Waals surface area contributed by atoms with Gasteiger partial charge in [-0.1, -0.05) is 23.2 Å². The summed E-state index contributed by atoms with van der Waals surface area (Å²) in [7, 11) is 0. The number of Topliss-reactive ketones (excluding diaryl/α,β-unsaturated/α-hetero) is 1. The lowest BCUT2D eigenvalue weighted by Gasteiger charge is -2.42. The van der Waals surface area contributed by atoms with Gasteiger partial charge < -0.3 is 79.9 Å². The van der Waals surface area contributed by atoms with Gasteiger partial charge in [-0.05, 0) is 29.8 Å². The van der Waals surface area contributed by atoms with Crippen molar-refractivity contribution in [2.75, 3.05) is 19.8 Å². The summed E-state index contributed by atoms with van der Waals surface area (Å²) in [4.78, 5) is 24.6. The molecule has 2 aliphatic rings. The quantitative estimate of drug-likeness (QED) is 0.0593. The number of ether oxygens (including phenoxy) is 5. The molecule has 18 nitrogen and oxygen atoms in total. The van der Waals surface area contributed by atoms with Gasteiger partial charge in [0, 0.05) is 5.02 Å². The Morgan fingerprint density at radius 3 is 1.89 bits per heavy atom. The van der Waals surface area contributed by atoms with Crippen molar-refractivity contribution in [3.8, 4) is 5.75 Å². The van der Waals surface area contributed by atoms with Crippen LogP contribution in [0.3, 0.4) is 0 Å². The van der Waals surface area contributed by atoms with Crippen LogP contribution in [0.4, 0.5) is 0 Å². The third kappa shape index (κ3) is 9.66. The Labute approximate surface area is 280 Å². The molecule has 21 heteroatoms. The number of hydrogen-bond acceptors (Lipinski definition) is 18. The van der Waals surface area contributed by atoms with Crippen LogP contribution < -0.4 is 4.74 Å². The molecular weight excluding hydrogens is 707 g/mol. The van der Waals surface area contributed by atoms with Gasteiger partial charge >= 0.3 is 0 Å². The maximum atomic E-state index is 12.7. The zero-order valence-electron chi connectivity index (χ0n) is 23.9. The van der Waals surface area contributed by atoms with Crippen LogP contribution in [-0.2, 0) is 28.5 Å². The van der Waals surface area contributed by atoms with Gasteiger partial charge in [0.1, 0.15) is 79.0 Å². The summed E-state index contributed by atoms with van der Waals surface area (Å²) in [5, 5.41) is 110. The first-order valence-corrected chi connectivity index (χ1v) is 14.9. The molecule has 2 aliphatic heterocycles. The Balaban J connectivity index is 1.58. The minimum atomic E-state index is -2.56. The lowest BCUT2D eigenvalue weighted by atomic mass is 9.97. The number of aliphatic hydroxyl groups is 11. The van der Waals surface area contributed by atoms with E-state index >= 15 is 0 Å². The first-order chi connectivity index (χ1) is 22.0. The predicted molar refractivity (Wildman–Crippen MR) is 153 cm³/mol. The van der Waals surface area contributed by atoms with Crippen molar-refractivity contribution in [3.05, 3.63) is 28.2 Å². The minimum Gasteiger partial charge on any atom is -0.472 e. The molecule has 11 N–H and O–H groups in total.